The topological polar surface area (TPSA) is 102 Å². The Bertz CT molecular complexity index is 1160. The van der Waals surface area contributed by atoms with Gasteiger partial charge in [0.2, 0.25) is 0 Å². The predicted octanol–water partition coefficient (Wildman–Crippen LogP) is 2.29. The van der Waals surface area contributed by atoms with Crippen LogP contribution >= 0.6 is 0 Å². The molecule has 9 nitrogen and oxygen atoms in total. The number of benzene rings is 2. The van der Waals surface area contributed by atoms with E-state index >= 15 is 0 Å². The molecule has 0 bridgehead atoms. The highest BCUT2D eigenvalue weighted by atomic mass is 16.6. The minimum Gasteiger partial charge on any atom is -0.368 e. The molecule has 154 valence electrons. The molecule has 2 heterocycles. The Balaban J connectivity index is 1.54. The first-order chi connectivity index (χ1) is 14.5. The third-order valence-electron chi connectivity index (χ3n) is 5.36. The molecule has 3 aromatic rings. The number of non-ortho nitro benzene ring substituents is 1. The summed E-state index contributed by atoms with van der Waals surface area (Å²) in [7, 11) is 0. The number of hydrogen-bond donors (Lipinski definition) is 0. The summed E-state index contributed by atoms with van der Waals surface area (Å²) in [6.45, 7) is 4.41. The van der Waals surface area contributed by atoms with Crippen LogP contribution in [0.25, 0.3) is 10.8 Å². The van der Waals surface area contributed by atoms with E-state index in [-0.39, 0.29) is 22.8 Å². The molecule has 30 heavy (non-hydrogen) atoms. The van der Waals surface area contributed by atoms with Crippen LogP contribution < -0.4 is 10.5 Å². The van der Waals surface area contributed by atoms with Crippen LogP contribution in [0.1, 0.15) is 17.4 Å². The van der Waals surface area contributed by atoms with E-state index in [0.29, 0.717) is 43.5 Å². The average Bonchev–Trinajstić information content (AvgIpc) is 2.79. The molecule has 1 aliphatic heterocycles. The molecule has 4 rings (SSSR count). The number of carbonyl (C=O) groups is 1. The average molecular weight is 407 g/mol. The van der Waals surface area contributed by atoms with Gasteiger partial charge in [-0.05, 0) is 25.1 Å². The second-order valence-corrected chi connectivity index (χ2v) is 7.07. The number of nitrogens with zero attached hydrogens (tertiary/aromatic N) is 5. The predicted molar refractivity (Wildman–Crippen MR) is 113 cm³/mol. The number of fused-ring (bicyclic) bond motifs is 1. The first kappa shape index (κ1) is 19.6. The third kappa shape index (κ3) is 3.49. The van der Waals surface area contributed by atoms with Crippen molar-refractivity contribution in [2.24, 2.45) is 0 Å². The molecule has 0 aliphatic carbocycles. The highest BCUT2D eigenvalue weighted by Gasteiger charge is 2.26. The van der Waals surface area contributed by atoms with E-state index in [9.17, 15) is 19.7 Å². The fourth-order valence-electron chi connectivity index (χ4n) is 3.71. The van der Waals surface area contributed by atoms with Crippen molar-refractivity contribution in [1.82, 2.24) is 14.7 Å². The first-order valence-corrected chi connectivity index (χ1v) is 9.78. The Kier molecular flexibility index (Phi) is 5.18. The highest BCUT2D eigenvalue weighted by molar-refractivity contribution is 6.04. The molecule has 1 saturated heterocycles. The van der Waals surface area contributed by atoms with Crippen LogP contribution in [0, 0.1) is 10.1 Å². The van der Waals surface area contributed by atoms with E-state index < -0.39 is 4.92 Å². The van der Waals surface area contributed by atoms with Crippen molar-refractivity contribution in [3.8, 4) is 0 Å². The van der Waals surface area contributed by atoms with Crippen LogP contribution in [-0.2, 0) is 6.54 Å². The quantitative estimate of drug-likeness (QED) is 0.486. The molecule has 0 radical (unpaired) electrons. The van der Waals surface area contributed by atoms with Gasteiger partial charge in [0.05, 0.1) is 10.3 Å². The van der Waals surface area contributed by atoms with Gasteiger partial charge < -0.3 is 9.80 Å². The zero-order chi connectivity index (χ0) is 21.3. The molecule has 1 fully saturated rings. The number of anilines is 1. The second kappa shape index (κ2) is 7.94. The van der Waals surface area contributed by atoms with Crippen molar-refractivity contribution in [1.29, 1.82) is 0 Å². The standard InChI is InChI=1S/C21H21N5O4/c1-2-25-20(27)18-6-4-3-5-17(18)19(22-25)21(28)24-13-11-23(12-14-24)15-7-9-16(10-8-15)26(29)30/h3-10H,2,11-14H2,1H3. The third-order valence-corrected chi connectivity index (χ3v) is 5.36. The van der Waals surface area contributed by atoms with Gasteiger partial charge in [-0.25, -0.2) is 4.68 Å². The summed E-state index contributed by atoms with van der Waals surface area (Å²) in [5, 5.41) is 16.2. The van der Waals surface area contributed by atoms with Crippen LogP contribution in [0.4, 0.5) is 11.4 Å². The molecule has 1 aliphatic rings. The van der Waals surface area contributed by atoms with Crippen LogP contribution in [0.15, 0.2) is 53.3 Å². The monoisotopic (exact) mass is 407 g/mol. The first-order valence-electron chi connectivity index (χ1n) is 9.78. The Hall–Kier alpha value is -3.75. The van der Waals surface area contributed by atoms with E-state index in [1.807, 2.05) is 6.92 Å². The number of amides is 1. The number of nitro benzene ring substituents is 1. The van der Waals surface area contributed by atoms with Gasteiger partial charge in [-0.1, -0.05) is 18.2 Å². The van der Waals surface area contributed by atoms with Crippen molar-refractivity contribution >= 4 is 28.1 Å². The van der Waals surface area contributed by atoms with Gasteiger partial charge in [-0.3, -0.25) is 19.7 Å². The van der Waals surface area contributed by atoms with E-state index in [2.05, 4.69) is 10.00 Å². The van der Waals surface area contributed by atoms with Crippen LogP contribution in [0.2, 0.25) is 0 Å². The second-order valence-electron chi connectivity index (χ2n) is 7.07. The lowest BCUT2D eigenvalue weighted by atomic mass is 10.1. The van der Waals surface area contributed by atoms with Crippen molar-refractivity contribution in [3.63, 3.8) is 0 Å². The van der Waals surface area contributed by atoms with Gasteiger partial charge in [0.25, 0.3) is 17.2 Å². The molecule has 0 atom stereocenters. The molecular formula is C21H21N5O4. The van der Waals surface area contributed by atoms with Gasteiger partial charge in [-0.15, -0.1) is 0 Å². The maximum Gasteiger partial charge on any atom is 0.275 e. The minimum absolute atomic E-state index is 0.0524. The Morgan fingerprint density at radius 2 is 1.67 bits per heavy atom. The summed E-state index contributed by atoms with van der Waals surface area (Å²) in [6, 6.07) is 13.5. The molecule has 0 N–H and O–H groups in total. The van der Waals surface area contributed by atoms with Crippen LogP contribution in [-0.4, -0.2) is 51.7 Å². The van der Waals surface area contributed by atoms with Gasteiger partial charge in [-0.2, -0.15) is 5.10 Å². The summed E-state index contributed by atoms with van der Waals surface area (Å²) in [5.41, 5.74) is 1.02. The van der Waals surface area contributed by atoms with E-state index in [1.54, 1.807) is 41.3 Å². The summed E-state index contributed by atoms with van der Waals surface area (Å²) in [6.07, 6.45) is 0. The largest absolute Gasteiger partial charge is 0.368 e. The van der Waals surface area contributed by atoms with Crippen molar-refractivity contribution < 1.29 is 9.72 Å². The van der Waals surface area contributed by atoms with Crippen molar-refractivity contribution in [2.45, 2.75) is 13.5 Å². The Labute approximate surface area is 172 Å². The minimum atomic E-state index is -0.423. The fraction of sp³-hybridized carbons (Fsp3) is 0.286. The Morgan fingerprint density at radius 1 is 1.03 bits per heavy atom. The summed E-state index contributed by atoms with van der Waals surface area (Å²) in [5.74, 6) is -0.197. The van der Waals surface area contributed by atoms with E-state index in [1.165, 1.54) is 16.8 Å². The molecular weight excluding hydrogens is 386 g/mol. The van der Waals surface area contributed by atoms with Gasteiger partial charge in [0.15, 0.2) is 5.69 Å². The van der Waals surface area contributed by atoms with Crippen LogP contribution in [0.5, 0.6) is 0 Å². The number of rotatable bonds is 4. The maximum atomic E-state index is 13.2. The molecule has 0 spiro atoms. The van der Waals surface area contributed by atoms with E-state index in [4.69, 9.17) is 0 Å². The maximum absolute atomic E-state index is 13.2. The van der Waals surface area contributed by atoms with E-state index in [0.717, 1.165) is 5.69 Å². The summed E-state index contributed by atoms with van der Waals surface area (Å²) >= 11 is 0. The van der Waals surface area contributed by atoms with Gasteiger partial charge in [0.1, 0.15) is 0 Å². The fourth-order valence-corrected chi connectivity index (χ4v) is 3.71. The number of aryl methyl sites for hydroxylation is 1. The smallest absolute Gasteiger partial charge is 0.275 e. The molecule has 0 unspecified atom stereocenters. The molecule has 1 amide bonds. The SMILES string of the molecule is CCn1nc(C(=O)N2CCN(c3ccc([N+](=O)[O-])cc3)CC2)c2ccccc2c1=O. The van der Waals surface area contributed by atoms with Crippen molar-refractivity contribution in [3.05, 3.63) is 74.7 Å². The van der Waals surface area contributed by atoms with Gasteiger partial charge >= 0.3 is 0 Å². The highest BCUT2D eigenvalue weighted by Crippen LogP contribution is 2.22. The summed E-state index contributed by atoms with van der Waals surface area (Å²) in [4.78, 5) is 39.9. The number of nitro groups is 1. The summed E-state index contributed by atoms with van der Waals surface area (Å²) < 4.78 is 1.32. The molecule has 2 aromatic carbocycles. The van der Waals surface area contributed by atoms with Crippen LogP contribution in [0.3, 0.4) is 0 Å². The lowest BCUT2D eigenvalue weighted by molar-refractivity contribution is -0.384. The number of piperazine rings is 1. The van der Waals surface area contributed by atoms with Gasteiger partial charge in [0, 0.05) is 55.9 Å². The number of carbonyl (C=O) groups excluding carboxylic acids is 1. The lowest BCUT2D eigenvalue weighted by Gasteiger charge is -2.36. The molecule has 9 heteroatoms. The number of hydrogen-bond acceptors (Lipinski definition) is 6. The normalized spacial score (nSPS) is 14.2. The van der Waals surface area contributed by atoms with Crippen molar-refractivity contribution in [2.75, 3.05) is 31.1 Å². The zero-order valence-corrected chi connectivity index (χ0v) is 16.5. The Morgan fingerprint density at radius 3 is 2.27 bits per heavy atom. The zero-order valence-electron chi connectivity index (χ0n) is 16.5. The molecule has 0 saturated carbocycles. The lowest BCUT2D eigenvalue weighted by Crippen LogP contribution is -2.49. The molecule has 1 aromatic heterocycles. The number of aromatic nitrogens is 2.